The molecule has 0 bridgehead atoms. The summed E-state index contributed by atoms with van der Waals surface area (Å²) < 4.78 is 0. The van der Waals surface area contributed by atoms with Gasteiger partial charge in [0.1, 0.15) is 10.6 Å². The average Bonchev–Trinajstić information content (AvgIpc) is 2.96. The summed E-state index contributed by atoms with van der Waals surface area (Å²) >= 11 is 9.35. The highest BCUT2D eigenvalue weighted by Crippen LogP contribution is 2.32. The molecule has 0 spiro atoms. The molecule has 3 heterocycles. The number of rotatable bonds is 3. The van der Waals surface area contributed by atoms with E-state index in [2.05, 4.69) is 52.7 Å². The molecule has 3 rings (SSSR count). The van der Waals surface area contributed by atoms with Gasteiger partial charge < -0.3 is 5.32 Å². The van der Waals surface area contributed by atoms with Gasteiger partial charge in [-0.1, -0.05) is 6.07 Å². The first-order valence-corrected chi connectivity index (χ1v) is 7.94. The number of thiophene rings is 2. The first-order valence-electron chi connectivity index (χ1n) is 5.87. The van der Waals surface area contributed by atoms with Crippen molar-refractivity contribution < 1.29 is 0 Å². The molecular weight excluding hydrogens is 298 g/mol. The maximum Gasteiger partial charge on any atom is 0.225 e. The zero-order valence-electron chi connectivity index (χ0n) is 10.5. The first-order chi connectivity index (χ1) is 9.13. The highest BCUT2D eigenvalue weighted by molar-refractivity contribution is 7.18. The molecule has 0 aliphatic heterocycles. The molecule has 19 heavy (non-hydrogen) atoms. The van der Waals surface area contributed by atoms with Crippen LogP contribution in [0.5, 0.6) is 0 Å². The highest BCUT2D eigenvalue weighted by Gasteiger charge is 2.13. The van der Waals surface area contributed by atoms with Crippen molar-refractivity contribution in [3.63, 3.8) is 0 Å². The molecule has 0 saturated heterocycles. The predicted molar refractivity (Wildman–Crippen MR) is 83.5 cm³/mol. The number of nitrogens with one attached hydrogen (secondary N) is 1. The zero-order chi connectivity index (χ0) is 13.4. The second-order valence-corrected chi connectivity index (χ2v) is 6.85. The van der Waals surface area contributed by atoms with Crippen molar-refractivity contribution in [2.24, 2.45) is 0 Å². The zero-order valence-corrected chi connectivity index (χ0v) is 12.9. The summed E-state index contributed by atoms with van der Waals surface area (Å²) in [6.45, 7) is 4.18. The Labute approximate surface area is 124 Å². The van der Waals surface area contributed by atoms with Gasteiger partial charge in [-0.3, -0.25) is 0 Å². The van der Waals surface area contributed by atoms with Crippen LogP contribution in [0.1, 0.15) is 22.7 Å². The molecular formula is C13H12ClN3S2. The van der Waals surface area contributed by atoms with Gasteiger partial charge in [-0.05, 0) is 43.0 Å². The van der Waals surface area contributed by atoms with E-state index < -0.39 is 0 Å². The lowest BCUT2D eigenvalue weighted by Gasteiger charge is -2.13. The third-order valence-corrected chi connectivity index (χ3v) is 4.98. The van der Waals surface area contributed by atoms with Crippen LogP contribution in [0.15, 0.2) is 23.6 Å². The molecule has 6 heteroatoms. The molecule has 1 N–H and O–H groups in total. The molecule has 3 aromatic heterocycles. The van der Waals surface area contributed by atoms with Crippen molar-refractivity contribution in [3.8, 4) is 0 Å². The number of hydrogen-bond acceptors (Lipinski definition) is 5. The number of fused-ring (bicyclic) bond motifs is 1. The second-order valence-electron chi connectivity index (χ2n) is 4.30. The van der Waals surface area contributed by atoms with Gasteiger partial charge in [0, 0.05) is 9.75 Å². The monoisotopic (exact) mass is 309 g/mol. The Bertz CT molecular complexity index is 706. The van der Waals surface area contributed by atoms with Crippen molar-refractivity contribution in [3.05, 3.63) is 38.6 Å². The number of anilines is 1. The lowest BCUT2D eigenvalue weighted by Crippen LogP contribution is -2.07. The van der Waals surface area contributed by atoms with E-state index in [1.807, 2.05) is 0 Å². The summed E-state index contributed by atoms with van der Waals surface area (Å²) in [6.07, 6.45) is 0. The van der Waals surface area contributed by atoms with Crippen molar-refractivity contribution in [1.29, 1.82) is 0 Å². The van der Waals surface area contributed by atoms with Gasteiger partial charge >= 0.3 is 0 Å². The van der Waals surface area contributed by atoms with E-state index >= 15 is 0 Å². The Morgan fingerprint density at radius 2 is 2.21 bits per heavy atom. The molecule has 3 nitrogen and oxygen atoms in total. The molecule has 98 valence electrons. The maximum absolute atomic E-state index is 5.99. The molecule has 0 aliphatic carbocycles. The summed E-state index contributed by atoms with van der Waals surface area (Å²) in [4.78, 5) is 12.0. The maximum atomic E-state index is 5.99. The topological polar surface area (TPSA) is 37.8 Å². The minimum absolute atomic E-state index is 0.203. The van der Waals surface area contributed by atoms with Gasteiger partial charge in [0.25, 0.3) is 0 Å². The quantitative estimate of drug-likeness (QED) is 0.700. The standard InChI is InChI=1S/C13H12ClN3S2/c1-7-6-9-11(16-13(14)17-12(9)19-7)15-8(2)10-4-3-5-18-10/h3-6,8H,1-2H3,(H,15,16,17). The summed E-state index contributed by atoms with van der Waals surface area (Å²) in [5.74, 6) is 0.806. The SMILES string of the molecule is Cc1cc2c(NC(C)c3cccs3)nc(Cl)nc2s1. The Kier molecular flexibility index (Phi) is 3.43. The normalized spacial score (nSPS) is 12.8. The summed E-state index contributed by atoms with van der Waals surface area (Å²) in [6, 6.07) is 6.46. The molecule has 1 atom stereocenters. The Hall–Kier alpha value is -1.17. The summed E-state index contributed by atoms with van der Waals surface area (Å²) in [7, 11) is 0. The predicted octanol–water partition coefficient (Wildman–Crippen LogP) is 4.89. The molecule has 0 aromatic carbocycles. The summed E-state index contributed by atoms with van der Waals surface area (Å²) in [5.41, 5.74) is 0. The van der Waals surface area contributed by atoms with Crippen molar-refractivity contribution >= 4 is 50.3 Å². The smallest absolute Gasteiger partial charge is 0.225 e. The van der Waals surface area contributed by atoms with Crippen LogP contribution in [0.25, 0.3) is 10.2 Å². The van der Waals surface area contributed by atoms with Crippen LogP contribution in [-0.4, -0.2) is 9.97 Å². The van der Waals surface area contributed by atoms with E-state index in [-0.39, 0.29) is 11.3 Å². The van der Waals surface area contributed by atoms with Gasteiger partial charge in [-0.25, -0.2) is 9.97 Å². The van der Waals surface area contributed by atoms with Crippen LogP contribution in [-0.2, 0) is 0 Å². The highest BCUT2D eigenvalue weighted by atomic mass is 35.5. The molecule has 0 radical (unpaired) electrons. The van der Waals surface area contributed by atoms with Gasteiger partial charge in [-0.2, -0.15) is 0 Å². The van der Waals surface area contributed by atoms with E-state index in [1.165, 1.54) is 9.75 Å². The van der Waals surface area contributed by atoms with Crippen molar-refractivity contribution in [1.82, 2.24) is 9.97 Å². The fourth-order valence-electron chi connectivity index (χ4n) is 1.94. The third kappa shape index (κ3) is 2.59. The fraction of sp³-hybridized carbons (Fsp3) is 0.231. The van der Waals surface area contributed by atoms with Crippen molar-refractivity contribution in [2.75, 3.05) is 5.32 Å². The van der Waals surface area contributed by atoms with Gasteiger partial charge in [-0.15, -0.1) is 22.7 Å². The number of halogens is 1. The van der Waals surface area contributed by atoms with Crippen LogP contribution in [0.3, 0.4) is 0 Å². The van der Waals surface area contributed by atoms with Crippen molar-refractivity contribution in [2.45, 2.75) is 19.9 Å². The van der Waals surface area contributed by atoms with E-state index in [0.717, 1.165) is 16.0 Å². The third-order valence-electron chi connectivity index (χ3n) is 2.81. The Morgan fingerprint density at radius 1 is 1.37 bits per heavy atom. The number of hydrogen-bond donors (Lipinski definition) is 1. The second kappa shape index (κ2) is 5.07. The Balaban J connectivity index is 2.00. The van der Waals surface area contributed by atoms with Gasteiger partial charge in [0.2, 0.25) is 5.28 Å². The molecule has 0 aliphatic rings. The number of nitrogens with zero attached hydrogens (tertiary/aromatic N) is 2. The molecule has 0 amide bonds. The van der Waals surface area contributed by atoms with Crippen LogP contribution in [0.2, 0.25) is 5.28 Å². The largest absolute Gasteiger partial charge is 0.362 e. The van der Waals surface area contributed by atoms with Crippen LogP contribution < -0.4 is 5.32 Å². The van der Waals surface area contributed by atoms with E-state index in [1.54, 1.807) is 22.7 Å². The lowest BCUT2D eigenvalue weighted by molar-refractivity contribution is 0.898. The summed E-state index contributed by atoms with van der Waals surface area (Å²) in [5, 5.41) is 6.82. The molecule has 0 fully saturated rings. The van der Waals surface area contributed by atoms with E-state index in [0.29, 0.717) is 0 Å². The van der Waals surface area contributed by atoms with Crippen LogP contribution in [0.4, 0.5) is 5.82 Å². The minimum atomic E-state index is 0.203. The molecule has 3 aromatic rings. The first kappa shape index (κ1) is 12.8. The number of aryl methyl sites for hydroxylation is 1. The van der Waals surface area contributed by atoms with Gasteiger partial charge in [0.05, 0.1) is 11.4 Å². The average molecular weight is 310 g/mol. The molecule has 1 unspecified atom stereocenters. The van der Waals surface area contributed by atoms with Crippen LogP contribution in [0, 0.1) is 6.92 Å². The van der Waals surface area contributed by atoms with Gasteiger partial charge in [0.15, 0.2) is 0 Å². The minimum Gasteiger partial charge on any atom is -0.362 e. The lowest BCUT2D eigenvalue weighted by atomic mass is 10.2. The Morgan fingerprint density at radius 3 is 2.95 bits per heavy atom. The number of aromatic nitrogens is 2. The van der Waals surface area contributed by atoms with Crippen LogP contribution >= 0.6 is 34.3 Å². The fourth-order valence-corrected chi connectivity index (χ4v) is 3.77. The van der Waals surface area contributed by atoms with E-state index in [9.17, 15) is 0 Å². The molecule has 0 saturated carbocycles. The van der Waals surface area contributed by atoms with E-state index in [4.69, 9.17) is 11.6 Å².